The van der Waals surface area contributed by atoms with Gasteiger partial charge in [-0.15, -0.1) is 0 Å². The summed E-state index contributed by atoms with van der Waals surface area (Å²) >= 11 is 0. The van der Waals surface area contributed by atoms with E-state index in [-0.39, 0.29) is 5.91 Å². The summed E-state index contributed by atoms with van der Waals surface area (Å²) in [5.41, 5.74) is 4.28. The van der Waals surface area contributed by atoms with Crippen molar-refractivity contribution in [1.82, 2.24) is 5.32 Å². The monoisotopic (exact) mass is 242 g/mol. The summed E-state index contributed by atoms with van der Waals surface area (Å²) in [7, 11) is 0. The van der Waals surface area contributed by atoms with Gasteiger partial charge in [-0.1, -0.05) is 19.8 Å². The molecule has 1 fully saturated rings. The number of carbonyl (C=O) groups is 2. The fourth-order valence-electron chi connectivity index (χ4n) is 2.50. The second kappa shape index (κ2) is 6.00. The van der Waals surface area contributed by atoms with Gasteiger partial charge >= 0.3 is 5.97 Å². The van der Waals surface area contributed by atoms with Gasteiger partial charge < -0.3 is 16.2 Å². The van der Waals surface area contributed by atoms with Crippen molar-refractivity contribution in [2.24, 2.45) is 11.7 Å². The molecule has 0 aromatic rings. The van der Waals surface area contributed by atoms with E-state index < -0.39 is 11.5 Å². The normalized spacial score (nSPS) is 28.7. The minimum atomic E-state index is -1.05. The molecule has 0 radical (unpaired) electrons. The second-order valence-corrected chi connectivity index (χ2v) is 5.03. The molecule has 0 aliphatic heterocycles. The number of carbonyl (C=O) groups excluding carboxylic acids is 1. The topological polar surface area (TPSA) is 92.4 Å². The minimum absolute atomic E-state index is 0.202. The van der Waals surface area contributed by atoms with Crippen LogP contribution in [0.1, 0.15) is 45.4 Å². The van der Waals surface area contributed by atoms with Gasteiger partial charge in [-0.25, -0.2) is 4.79 Å². The molecule has 17 heavy (non-hydrogen) atoms. The van der Waals surface area contributed by atoms with Gasteiger partial charge in [-0.2, -0.15) is 0 Å². The Morgan fingerprint density at radius 1 is 1.53 bits per heavy atom. The van der Waals surface area contributed by atoms with Crippen molar-refractivity contribution in [2.45, 2.75) is 51.0 Å². The standard InChI is InChI=1S/C12H22N2O3/c1-9-4-2-6-12(8-9,11(16)17)14-10(15)5-3-7-13/h9H,2-8,13H2,1H3,(H,14,15)(H,16,17). The Morgan fingerprint density at radius 2 is 2.24 bits per heavy atom. The Kier molecular flexibility index (Phi) is 4.93. The van der Waals surface area contributed by atoms with Crippen LogP contribution < -0.4 is 11.1 Å². The van der Waals surface area contributed by atoms with Crippen LogP contribution in [0, 0.1) is 5.92 Å². The highest BCUT2D eigenvalue weighted by Gasteiger charge is 2.42. The average Bonchev–Trinajstić information content (AvgIpc) is 2.26. The number of aliphatic carboxylic acids is 1. The predicted octanol–water partition coefficient (Wildman–Crippen LogP) is 0.875. The molecule has 1 saturated carbocycles. The highest BCUT2D eigenvalue weighted by molar-refractivity contribution is 5.87. The Bertz CT molecular complexity index is 293. The van der Waals surface area contributed by atoms with Crippen molar-refractivity contribution in [3.63, 3.8) is 0 Å². The number of carboxylic acid groups (broad SMARTS) is 1. The molecule has 1 aliphatic carbocycles. The van der Waals surface area contributed by atoms with Crippen LogP contribution >= 0.6 is 0 Å². The van der Waals surface area contributed by atoms with E-state index in [1.54, 1.807) is 0 Å². The van der Waals surface area contributed by atoms with Gasteiger partial charge in [0.15, 0.2) is 0 Å². The third kappa shape index (κ3) is 3.70. The lowest BCUT2D eigenvalue weighted by Gasteiger charge is -2.37. The highest BCUT2D eigenvalue weighted by atomic mass is 16.4. The lowest BCUT2D eigenvalue weighted by atomic mass is 9.76. The first-order valence-corrected chi connectivity index (χ1v) is 6.24. The SMILES string of the molecule is CC1CCCC(NC(=O)CCCN)(C(=O)O)C1. The lowest BCUT2D eigenvalue weighted by Crippen LogP contribution is -2.56. The molecule has 1 amide bonds. The molecule has 0 bridgehead atoms. The van der Waals surface area contributed by atoms with Gasteiger partial charge in [0, 0.05) is 6.42 Å². The molecule has 0 spiro atoms. The number of carboxylic acids is 1. The maximum Gasteiger partial charge on any atom is 0.329 e. The highest BCUT2D eigenvalue weighted by Crippen LogP contribution is 2.32. The molecule has 4 N–H and O–H groups in total. The van der Waals surface area contributed by atoms with Gasteiger partial charge in [-0.05, 0) is 31.7 Å². The zero-order chi connectivity index (χ0) is 12.9. The summed E-state index contributed by atoms with van der Waals surface area (Å²) in [6, 6.07) is 0. The van der Waals surface area contributed by atoms with Crippen LogP contribution in [0.3, 0.4) is 0 Å². The number of nitrogens with two attached hydrogens (primary N) is 1. The van der Waals surface area contributed by atoms with E-state index in [1.165, 1.54) is 0 Å². The molecule has 0 heterocycles. The first-order chi connectivity index (χ1) is 8.00. The zero-order valence-electron chi connectivity index (χ0n) is 10.4. The molecule has 2 unspecified atom stereocenters. The molecule has 98 valence electrons. The summed E-state index contributed by atoms with van der Waals surface area (Å²) in [4.78, 5) is 23.0. The van der Waals surface area contributed by atoms with E-state index in [4.69, 9.17) is 5.73 Å². The van der Waals surface area contributed by atoms with Crippen LogP contribution in [0.4, 0.5) is 0 Å². The molecule has 1 rings (SSSR count). The Morgan fingerprint density at radius 3 is 2.76 bits per heavy atom. The van der Waals surface area contributed by atoms with Crippen molar-refractivity contribution in [1.29, 1.82) is 0 Å². The van der Waals surface area contributed by atoms with E-state index in [0.29, 0.717) is 38.1 Å². The number of amides is 1. The molecule has 5 heteroatoms. The largest absolute Gasteiger partial charge is 0.480 e. The van der Waals surface area contributed by atoms with Crippen molar-refractivity contribution >= 4 is 11.9 Å². The van der Waals surface area contributed by atoms with Crippen LogP contribution in [-0.2, 0) is 9.59 Å². The van der Waals surface area contributed by atoms with E-state index in [9.17, 15) is 14.7 Å². The maximum absolute atomic E-state index is 11.7. The summed E-state index contributed by atoms with van der Waals surface area (Å²) in [5, 5.41) is 12.0. The Hall–Kier alpha value is -1.10. The van der Waals surface area contributed by atoms with Crippen LogP contribution in [0.2, 0.25) is 0 Å². The fraction of sp³-hybridized carbons (Fsp3) is 0.833. The lowest BCUT2D eigenvalue weighted by molar-refractivity contribution is -0.150. The van der Waals surface area contributed by atoms with Gasteiger partial charge in [0.05, 0.1) is 0 Å². The van der Waals surface area contributed by atoms with Crippen LogP contribution in [0.5, 0.6) is 0 Å². The fourth-order valence-corrected chi connectivity index (χ4v) is 2.50. The van der Waals surface area contributed by atoms with Crippen molar-refractivity contribution in [2.75, 3.05) is 6.54 Å². The van der Waals surface area contributed by atoms with Crippen LogP contribution in [-0.4, -0.2) is 29.1 Å². The van der Waals surface area contributed by atoms with Crippen molar-refractivity contribution in [3.05, 3.63) is 0 Å². The summed E-state index contributed by atoms with van der Waals surface area (Å²) in [6.45, 7) is 2.48. The number of hydrogen-bond donors (Lipinski definition) is 3. The van der Waals surface area contributed by atoms with E-state index >= 15 is 0 Å². The molecule has 2 atom stereocenters. The smallest absolute Gasteiger partial charge is 0.329 e. The molecule has 1 aliphatic rings. The Balaban J connectivity index is 2.65. The zero-order valence-corrected chi connectivity index (χ0v) is 10.4. The van der Waals surface area contributed by atoms with E-state index in [0.717, 1.165) is 12.8 Å². The predicted molar refractivity (Wildman–Crippen MR) is 64.4 cm³/mol. The summed E-state index contributed by atoms with van der Waals surface area (Å²) in [5.74, 6) is -0.772. The van der Waals surface area contributed by atoms with E-state index in [1.807, 2.05) is 6.92 Å². The summed E-state index contributed by atoms with van der Waals surface area (Å²) < 4.78 is 0. The molecule has 0 aromatic carbocycles. The quantitative estimate of drug-likeness (QED) is 0.667. The van der Waals surface area contributed by atoms with Crippen LogP contribution in [0.25, 0.3) is 0 Å². The first kappa shape index (κ1) is 14.0. The van der Waals surface area contributed by atoms with Gasteiger partial charge in [-0.3, -0.25) is 4.79 Å². The maximum atomic E-state index is 11.7. The van der Waals surface area contributed by atoms with Gasteiger partial charge in [0.25, 0.3) is 0 Å². The number of hydrogen-bond acceptors (Lipinski definition) is 3. The molecular weight excluding hydrogens is 220 g/mol. The third-order valence-electron chi connectivity index (χ3n) is 3.39. The average molecular weight is 242 g/mol. The van der Waals surface area contributed by atoms with E-state index in [2.05, 4.69) is 5.32 Å². The first-order valence-electron chi connectivity index (χ1n) is 6.24. The molecule has 0 saturated heterocycles. The second-order valence-electron chi connectivity index (χ2n) is 5.03. The van der Waals surface area contributed by atoms with Gasteiger partial charge in [0.2, 0.25) is 5.91 Å². The van der Waals surface area contributed by atoms with Crippen LogP contribution in [0.15, 0.2) is 0 Å². The summed E-state index contributed by atoms with van der Waals surface area (Å²) in [6.07, 6.45) is 3.84. The minimum Gasteiger partial charge on any atom is -0.480 e. The van der Waals surface area contributed by atoms with Crippen molar-refractivity contribution < 1.29 is 14.7 Å². The number of nitrogens with one attached hydrogen (secondary N) is 1. The third-order valence-corrected chi connectivity index (χ3v) is 3.39. The Labute approximate surface area is 102 Å². The molecule has 0 aromatic heterocycles. The van der Waals surface area contributed by atoms with Gasteiger partial charge in [0.1, 0.15) is 5.54 Å². The van der Waals surface area contributed by atoms with Crippen molar-refractivity contribution in [3.8, 4) is 0 Å². The molecule has 5 nitrogen and oxygen atoms in total. The molecular formula is C12H22N2O3. The number of rotatable bonds is 5.